The minimum Gasteiger partial charge on any atom is -0.493 e. The van der Waals surface area contributed by atoms with Crippen LogP contribution in [0.4, 0.5) is 5.82 Å². The molecule has 1 fully saturated rings. The second-order valence-electron chi connectivity index (χ2n) is 9.65. The van der Waals surface area contributed by atoms with Gasteiger partial charge in [-0.25, -0.2) is 15.0 Å². The molecule has 3 heterocycles. The largest absolute Gasteiger partial charge is 0.493 e. The Morgan fingerprint density at radius 3 is 2.67 bits per heavy atom. The zero-order valence-corrected chi connectivity index (χ0v) is 22.1. The number of ether oxygens (including phenoxy) is 3. The Labute approximate surface area is 229 Å². The highest BCUT2D eigenvalue weighted by Gasteiger charge is 2.57. The summed E-state index contributed by atoms with van der Waals surface area (Å²) < 4.78 is 18.6. The number of nitrogen functional groups attached to an aromatic ring is 1. The van der Waals surface area contributed by atoms with Crippen molar-refractivity contribution in [3.63, 3.8) is 0 Å². The first-order valence-electron chi connectivity index (χ1n) is 12.9. The van der Waals surface area contributed by atoms with E-state index in [0.29, 0.717) is 12.0 Å². The van der Waals surface area contributed by atoms with E-state index in [1.807, 2.05) is 6.92 Å². The van der Waals surface area contributed by atoms with Gasteiger partial charge in [0.05, 0.1) is 19.5 Å². The third kappa shape index (κ3) is 5.70. The molecule has 6 N–H and O–H groups in total. The van der Waals surface area contributed by atoms with Crippen LogP contribution in [-0.2, 0) is 26.5 Å². The van der Waals surface area contributed by atoms with Crippen LogP contribution in [0.2, 0.25) is 0 Å². The highest BCUT2D eigenvalue weighted by atomic mass is 16.6. The molecule has 1 aliphatic heterocycles. The second kappa shape index (κ2) is 12.1. The van der Waals surface area contributed by atoms with E-state index in [4.69, 9.17) is 25.1 Å². The van der Waals surface area contributed by atoms with Gasteiger partial charge in [0.15, 0.2) is 28.7 Å². The van der Waals surface area contributed by atoms with Crippen molar-refractivity contribution in [2.24, 2.45) is 0 Å². The molecule has 1 unspecified atom stereocenters. The number of fused-ring (bicyclic) bond motifs is 1. The molecule has 40 heavy (non-hydrogen) atoms. The van der Waals surface area contributed by atoms with Gasteiger partial charge in [-0.3, -0.25) is 14.2 Å². The average molecular weight is 560 g/mol. The molecule has 4 rings (SSSR count). The Hall–Kier alpha value is -3.85. The van der Waals surface area contributed by atoms with Crippen molar-refractivity contribution in [2.75, 3.05) is 12.8 Å². The van der Waals surface area contributed by atoms with Gasteiger partial charge in [0.1, 0.15) is 30.2 Å². The molecule has 0 bridgehead atoms. The van der Waals surface area contributed by atoms with Crippen LogP contribution in [0.25, 0.3) is 11.2 Å². The second-order valence-corrected chi connectivity index (χ2v) is 9.65. The quantitative estimate of drug-likeness (QED) is 0.153. The van der Waals surface area contributed by atoms with Gasteiger partial charge < -0.3 is 40.4 Å². The van der Waals surface area contributed by atoms with E-state index in [0.717, 1.165) is 0 Å². The third-order valence-corrected chi connectivity index (χ3v) is 6.87. The van der Waals surface area contributed by atoms with E-state index in [2.05, 4.69) is 15.0 Å². The summed E-state index contributed by atoms with van der Waals surface area (Å²) in [5, 5.41) is 42.3. The first-order chi connectivity index (χ1) is 19.1. The molecule has 0 aliphatic carbocycles. The number of carbonyl (C=O) groups is 2. The molecule has 0 spiro atoms. The average Bonchev–Trinajstić information content (AvgIpc) is 3.46. The fraction of sp³-hybridized carbons (Fsp3) is 0.500. The van der Waals surface area contributed by atoms with Gasteiger partial charge in [-0.1, -0.05) is 13.0 Å². The SMILES string of the molecule is CCCC(=O)Oc1ccc(C[C@@]2(n3cnc4c(N)ncnc43)O[C@H](C(O)CCCC(=O)O)[C@@H](O)[C@H]2O)cc1OC. The van der Waals surface area contributed by atoms with Crippen LogP contribution in [0.15, 0.2) is 30.9 Å². The summed E-state index contributed by atoms with van der Waals surface area (Å²) in [6.07, 6.45) is -2.35. The number of aliphatic carboxylic acids is 1. The molecule has 1 aliphatic rings. The van der Waals surface area contributed by atoms with Crippen molar-refractivity contribution in [3.8, 4) is 11.5 Å². The van der Waals surface area contributed by atoms with Crippen molar-refractivity contribution in [2.45, 2.75) is 75.6 Å². The smallest absolute Gasteiger partial charge is 0.311 e. The first-order valence-corrected chi connectivity index (χ1v) is 12.9. The summed E-state index contributed by atoms with van der Waals surface area (Å²) in [5.74, 6) is -0.861. The van der Waals surface area contributed by atoms with Gasteiger partial charge >= 0.3 is 11.9 Å². The van der Waals surface area contributed by atoms with Crippen LogP contribution in [-0.4, -0.2) is 83.4 Å². The van der Waals surface area contributed by atoms with Gasteiger partial charge in [-0.2, -0.15) is 0 Å². The topological polar surface area (TPSA) is 212 Å². The lowest BCUT2D eigenvalue weighted by atomic mass is 9.93. The zero-order chi connectivity index (χ0) is 29.0. The Kier molecular flexibility index (Phi) is 8.83. The van der Waals surface area contributed by atoms with Gasteiger partial charge in [0.2, 0.25) is 0 Å². The maximum absolute atomic E-state index is 12.0. The van der Waals surface area contributed by atoms with Crippen LogP contribution < -0.4 is 15.2 Å². The molecule has 0 amide bonds. The Balaban J connectivity index is 1.74. The first kappa shape index (κ1) is 29.1. The van der Waals surface area contributed by atoms with Crippen LogP contribution >= 0.6 is 0 Å². The predicted molar refractivity (Wildman–Crippen MR) is 139 cm³/mol. The fourth-order valence-corrected chi connectivity index (χ4v) is 4.89. The van der Waals surface area contributed by atoms with Crippen molar-refractivity contribution >= 4 is 28.9 Å². The molecule has 14 heteroatoms. The number of aliphatic hydroxyl groups is 3. The number of nitrogens with two attached hydrogens (primary N) is 1. The number of aliphatic hydroxyl groups excluding tert-OH is 3. The van der Waals surface area contributed by atoms with E-state index < -0.39 is 42.1 Å². The van der Waals surface area contributed by atoms with Crippen molar-refractivity contribution in [3.05, 3.63) is 36.4 Å². The summed E-state index contributed by atoms with van der Waals surface area (Å²) in [7, 11) is 1.42. The number of imidazole rings is 1. The molecule has 216 valence electrons. The molecule has 1 saturated heterocycles. The summed E-state index contributed by atoms with van der Waals surface area (Å²) in [4.78, 5) is 35.4. The number of benzene rings is 1. The van der Waals surface area contributed by atoms with Crippen LogP contribution in [0.3, 0.4) is 0 Å². The van der Waals surface area contributed by atoms with Gasteiger partial charge in [0.25, 0.3) is 0 Å². The van der Waals surface area contributed by atoms with Gasteiger partial charge in [-0.05, 0) is 37.0 Å². The van der Waals surface area contributed by atoms with Crippen LogP contribution in [0.5, 0.6) is 11.5 Å². The minimum atomic E-state index is -1.74. The van der Waals surface area contributed by atoms with Crippen molar-refractivity contribution in [1.82, 2.24) is 19.5 Å². The van der Waals surface area contributed by atoms with E-state index in [9.17, 15) is 24.9 Å². The molecule has 14 nitrogen and oxygen atoms in total. The van der Waals surface area contributed by atoms with E-state index >= 15 is 0 Å². The Bertz CT molecular complexity index is 1370. The summed E-state index contributed by atoms with van der Waals surface area (Å²) in [6, 6.07) is 4.82. The number of esters is 1. The Morgan fingerprint density at radius 2 is 1.98 bits per heavy atom. The van der Waals surface area contributed by atoms with Gasteiger partial charge in [-0.15, -0.1) is 0 Å². The predicted octanol–water partition coefficient (Wildman–Crippen LogP) is 0.755. The number of hydrogen-bond donors (Lipinski definition) is 5. The lowest BCUT2D eigenvalue weighted by Gasteiger charge is -2.34. The lowest BCUT2D eigenvalue weighted by Crippen LogP contribution is -2.47. The molecule has 0 saturated carbocycles. The number of nitrogens with zero attached hydrogens (tertiary/aromatic N) is 4. The minimum absolute atomic E-state index is 0.0161. The number of carboxylic acids is 1. The van der Waals surface area contributed by atoms with Gasteiger partial charge in [0, 0.05) is 19.3 Å². The monoisotopic (exact) mass is 559 g/mol. The molecule has 5 atom stereocenters. The standard InChI is InChI=1S/C26H33N5O9/c1-3-5-19(35)39-16-9-8-14(10-17(16)38-2)11-26(31-13-30-20-24(27)28-12-29-25(20)31)23(37)21(36)22(40-26)15(32)6-4-7-18(33)34/h8-10,12-13,15,21-23,32,36-37H,3-7,11H2,1-2H3,(H,33,34)(H2,27,28,29)/t15?,21-,22-,23-,26-/m1/s1. The maximum atomic E-state index is 12.0. The molecule has 1 aromatic carbocycles. The maximum Gasteiger partial charge on any atom is 0.311 e. The zero-order valence-electron chi connectivity index (χ0n) is 22.1. The van der Waals surface area contributed by atoms with Crippen molar-refractivity contribution in [1.29, 1.82) is 0 Å². The van der Waals surface area contributed by atoms with Crippen molar-refractivity contribution < 1.29 is 44.2 Å². The number of aromatic nitrogens is 4. The number of carbonyl (C=O) groups excluding carboxylic acids is 1. The lowest BCUT2D eigenvalue weighted by molar-refractivity contribution is -0.159. The molecule has 2 aromatic heterocycles. The van der Waals surface area contributed by atoms with E-state index in [1.165, 1.54) is 24.3 Å². The Morgan fingerprint density at radius 1 is 1.20 bits per heavy atom. The summed E-state index contributed by atoms with van der Waals surface area (Å²) in [6.45, 7) is 1.86. The van der Waals surface area contributed by atoms with Crippen LogP contribution in [0, 0.1) is 0 Å². The number of methoxy groups -OCH3 is 1. The van der Waals surface area contributed by atoms with E-state index in [1.54, 1.807) is 18.2 Å². The highest BCUT2D eigenvalue weighted by molar-refractivity contribution is 5.81. The summed E-state index contributed by atoms with van der Waals surface area (Å²) in [5.41, 5.74) is 5.26. The number of hydrogen-bond acceptors (Lipinski definition) is 12. The highest BCUT2D eigenvalue weighted by Crippen LogP contribution is 2.43. The molecular formula is C26H33N5O9. The van der Waals surface area contributed by atoms with Crippen LogP contribution in [0.1, 0.15) is 44.6 Å². The fourth-order valence-electron chi connectivity index (χ4n) is 4.89. The third-order valence-electron chi connectivity index (χ3n) is 6.87. The number of carboxylic acid groups (broad SMARTS) is 1. The van der Waals surface area contributed by atoms with E-state index in [-0.39, 0.29) is 60.6 Å². The number of rotatable bonds is 12. The number of anilines is 1. The molecule has 0 radical (unpaired) electrons. The molecular weight excluding hydrogens is 526 g/mol. The molecule has 3 aromatic rings. The normalized spacial score (nSPS) is 23.3. The summed E-state index contributed by atoms with van der Waals surface area (Å²) >= 11 is 0.